The number of amides is 1. The van der Waals surface area contributed by atoms with Crippen molar-refractivity contribution in [3.63, 3.8) is 0 Å². The van der Waals surface area contributed by atoms with Crippen molar-refractivity contribution in [1.29, 1.82) is 5.26 Å². The summed E-state index contributed by atoms with van der Waals surface area (Å²) in [6, 6.07) is 14.5. The molecule has 0 saturated carbocycles. The fraction of sp³-hybridized carbons (Fsp3) is 0.176. The van der Waals surface area contributed by atoms with Gasteiger partial charge < -0.3 is 10.1 Å². The monoisotopic (exact) mass is 358 g/mol. The number of benzene rings is 2. The number of aryl methyl sites for hydroxylation is 1. The zero-order valence-electron chi connectivity index (χ0n) is 12.1. The SMILES string of the molecule is CCc1ccc(OCC(=O)Nc2cccc(C#N)c2)c(Br)c1. The average molecular weight is 359 g/mol. The maximum atomic E-state index is 11.9. The summed E-state index contributed by atoms with van der Waals surface area (Å²) in [7, 11) is 0. The van der Waals surface area contributed by atoms with Crippen LogP contribution in [0.1, 0.15) is 18.1 Å². The maximum Gasteiger partial charge on any atom is 0.262 e. The van der Waals surface area contributed by atoms with Crippen LogP contribution in [0.2, 0.25) is 0 Å². The molecule has 0 saturated heterocycles. The molecule has 0 spiro atoms. The number of ether oxygens (including phenoxy) is 1. The summed E-state index contributed by atoms with van der Waals surface area (Å²) in [4.78, 5) is 11.9. The van der Waals surface area contributed by atoms with Gasteiger partial charge in [-0.3, -0.25) is 4.79 Å². The summed E-state index contributed by atoms with van der Waals surface area (Å²) >= 11 is 3.43. The first-order valence-corrected chi connectivity index (χ1v) is 7.63. The molecule has 1 N–H and O–H groups in total. The zero-order chi connectivity index (χ0) is 15.9. The second-order valence-electron chi connectivity index (χ2n) is 4.65. The summed E-state index contributed by atoms with van der Waals surface area (Å²) in [6.45, 7) is 1.98. The van der Waals surface area contributed by atoms with E-state index in [1.807, 2.05) is 24.3 Å². The van der Waals surface area contributed by atoms with Crippen molar-refractivity contribution in [3.8, 4) is 11.8 Å². The van der Waals surface area contributed by atoms with E-state index in [9.17, 15) is 4.79 Å². The molecule has 2 aromatic carbocycles. The molecule has 1 amide bonds. The van der Waals surface area contributed by atoms with Crippen molar-refractivity contribution >= 4 is 27.5 Å². The Morgan fingerprint density at radius 1 is 1.32 bits per heavy atom. The quantitative estimate of drug-likeness (QED) is 0.881. The first-order chi connectivity index (χ1) is 10.6. The molecule has 0 fully saturated rings. The molecule has 0 heterocycles. The van der Waals surface area contributed by atoms with Crippen LogP contribution in [0.5, 0.6) is 5.75 Å². The highest BCUT2D eigenvalue weighted by Gasteiger charge is 2.07. The largest absolute Gasteiger partial charge is 0.483 e. The van der Waals surface area contributed by atoms with Crippen LogP contribution in [-0.2, 0) is 11.2 Å². The molecule has 0 aliphatic rings. The van der Waals surface area contributed by atoms with E-state index < -0.39 is 0 Å². The van der Waals surface area contributed by atoms with E-state index in [-0.39, 0.29) is 12.5 Å². The predicted molar refractivity (Wildman–Crippen MR) is 88.8 cm³/mol. The number of halogens is 1. The van der Waals surface area contributed by atoms with Crippen molar-refractivity contribution in [3.05, 3.63) is 58.1 Å². The van der Waals surface area contributed by atoms with Gasteiger partial charge in [-0.05, 0) is 58.2 Å². The van der Waals surface area contributed by atoms with Crippen LogP contribution in [0.3, 0.4) is 0 Å². The molecular formula is C17H15BrN2O2. The van der Waals surface area contributed by atoms with Crippen LogP contribution in [0.25, 0.3) is 0 Å². The normalized spacial score (nSPS) is 9.86. The second-order valence-corrected chi connectivity index (χ2v) is 5.50. The van der Waals surface area contributed by atoms with E-state index in [4.69, 9.17) is 10.00 Å². The minimum Gasteiger partial charge on any atom is -0.483 e. The standard InChI is InChI=1S/C17H15BrN2O2/c1-2-12-6-7-16(15(18)9-12)22-11-17(21)20-14-5-3-4-13(8-14)10-19/h3-9H,2,11H2,1H3,(H,20,21). The van der Waals surface area contributed by atoms with Crippen molar-refractivity contribution < 1.29 is 9.53 Å². The highest BCUT2D eigenvalue weighted by atomic mass is 79.9. The Kier molecular flexibility index (Phi) is 5.56. The molecule has 4 nitrogen and oxygen atoms in total. The Morgan fingerprint density at radius 2 is 2.14 bits per heavy atom. The lowest BCUT2D eigenvalue weighted by Gasteiger charge is -2.10. The molecule has 2 rings (SSSR count). The van der Waals surface area contributed by atoms with Gasteiger partial charge in [-0.2, -0.15) is 5.26 Å². The van der Waals surface area contributed by atoms with Crippen molar-refractivity contribution in [1.82, 2.24) is 0 Å². The Morgan fingerprint density at radius 3 is 2.82 bits per heavy atom. The van der Waals surface area contributed by atoms with E-state index in [1.165, 1.54) is 5.56 Å². The first-order valence-electron chi connectivity index (χ1n) is 6.83. The second kappa shape index (κ2) is 7.62. The third kappa shape index (κ3) is 4.34. The summed E-state index contributed by atoms with van der Waals surface area (Å²) < 4.78 is 6.33. The Bertz CT molecular complexity index is 723. The summed E-state index contributed by atoms with van der Waals surface area (Å²) in [5.41, 5.74) is 2.27. The molecule has 5 heteroatoms. The number of nitrogens with zero attached hydrogens (tertiary/aromatic N) is 1. The lowest BCUT2D eigenvalue weighted by Crippen LogP contribution is -2.20. The maximum absolute atomic E-state index is 11.9. The number of nitriles is 1. The van der Waals surface area contributed by atoms with Gasteiger partial charge in [-0.15, -0.1) is 0 Å². The fourth-order valence-electron chi connectivity index (χ4n) is 1.89. The molecule has 112 valence electrons. The molecule has 0 radical (unpaired) electrons. The Labute approximate surface area is 137 Å². The lowest BCUT2D eigenvalue weighted by molar-refractivity contribution is -0.118. The van der Waals surface area contributed by atoms with Gasteiger partial charge in [0.25, 0.3) is 5.91 Å². The molecule has 0 atom stereocenters. The highest BCUT2D eigenvalue weighted by molar-refractivity contribution is 9.10. The third-order valence-electron chi connectivity index (χ3n) is 3.04. The van der Waals surface area contributed by atoms with Gasteiger partial charge in [0.1, 0.15) is 5.75 Å². The van der Waals surface area contributed by atoms with Crippen LogP contribution < -0.4 is 10.1 Å². The number of carbonyl (C=O) groups is 1. The molecule has 2 aromatic rings. The summed E-state index contributed by atoms with van der Waals surface area (Å²) in [6.07, 6.45) is 0.939. The van der Waals surface area contributed by atoms with E-state index in [2.05, 4.69) is 28.2 Å². The molecule has 0 aromatic heterocycles. The molecule has 0 bridgehead atoms. The number of hydrogen-bond donors (Lipinski definition) is 1. The van der Waals surface area contributed by atoms with Gasteiger partial charge in [0, 0.05) is 5.69 Å². The Hall–Kier alpha value is -2.32. The number of anilines is 1. The molecule has 0 aliphatic heterocycles. The van der Waals surface area contributed by atoms with Gasteiger partial charge in [-0.1, -0.05) is 19.1 Å². The smallest absolute Gasteiger partial charge is 0.262 e. The zero-order valence-corrected chi connectivity index (χ0v) is 13.7. The van der Waals surface area contributed by atoms with E-state index >= 15 is 0 Å². The molecule has 22 heavy (non-hydrogen) atoms. The van der Waals surface area contributed by atoms with Gasteiger partial charge in [0.2, 0.25) is 0 Å². The number of carbonyl (C=O) groups excluding carboxylic acids is 1. The van der Waals surface area contributed by atoms with Gasteiger partial charge in [0.15, 0.2) is 6.61 Å². The van der Waals surface area contributed by atoms with E-state index in [0.29, 0.717) is 17.0 Å². The minimum absolute atomic E-state index is 0.0964. The van der Waals surface area contributed by atoms with E-state index in [1.54, 1.807) is 24.3 Å². The predicted octanol–water partition coefficient (Wildman–Crippen LogP) is 3.90. The summed E-state index contributed by atoms with van der Waals surface area (Å²) in [5, 5.41) is 11.5. The van der Waals surface area contributed by atoms with Gasteiger partial charge >= 0.3 is 0 Å². The molecular weight excluding hydrogens is 344 g/mol. The van der Waals surface area contributed by atoms with Crippen molar-refractivity contribution in [2.75, 3.05) is 11.9 Å². The topological polar surface area (TPSA) is 62.1 Å². The number of rotatable bonds is 5. The number of hydrogen-bond acceptors (Lipinski definition) is 3. The van der Waals surface area contributed by atoms with Crippen LogP contribution in [0, 0.1) is 11.3 Å². The third-order valence-corrected chi connectivity index (χ3v) is 3.66. The average Bonchev–Trinajstić information content (AvgIpc) is 2.53. The number of nitrogens with one attached hydrogen (secondary N) is 1. The Balaban J connectivity index is 1.94. The van der Waals surface area contributed by atoms with Crippen LogP contribution in [0.4, 0.5) is 5.69 Å². The lowest BCUT2D eigenvalue weighted by atomic mass is 10.2. The first kappa shape index (κ1) is 16.1. The summed E-state index contributed by atoms with van der Waals surface area (Å²) in [5.74, 6) is 0.347. The van der Waals surface area contributed by atoms with Crippen LogP contribution >= 0.6 is 15.9 Å². The minimum atomic E-state index is -0.276. The van der Waals surface area contributed by atoms with Crippen molar-refractivity contribution in [2.45, 2.75) is 13.3 Å². The van der Waals surface area contributed by atoms with E-state index in [0.717, 1.165) is 10.9 Å². The van der Waals surface area contributed by atoms with Gasteiger partial charge in [0.05, 0.1) is 16.1 Å². The molecule has 0 aliphatic carbocycles. The fourth-order valence-corrected chi connectivity index (χ4v) is 2.43. The van der Waals surface area contributed by atoms with Gasteiger partial charge in [-0.25, -0.2) is 0 Å². The molecule has 0 unspecified atom stereocenters. The van der Waals surface area contributed by atoms with Crippen LogP contribution in [-0.4, -0.2) is 12.5 Å². The highest BCUT2D eigenvalue weighted by Crippen LogP contribution is 2.26. The van der Waals surface area contributed by atoms with Crippen molar-refractivity contribution in [2.24, 2.45) is 0 Å². The van der Waals surface area contributed by atoms with Crippen LogP contribution in [0.15, 0.2) is 46.9 Å².